The molecule has 1 heterocycles. The SMILES string of the molecule is CCn1c(SCC=Cc2ccccc2)nnc1-c1cccc(OC)c1. The standard InChI is InChI=1S/C20H21N3OS/c1-3-23-19(17-12-7-13-18(15-17)24-2)21-22-20(23)25-14-8-11-16-9-5-4-6-10-16/h4-13,15H,3,14H2,1-2H3. The number of methoxy groups -OCH3 is 1. The Labute approximate surface area is 152 Å². The van der Waals surface area contributed by atoms with Crippen molar-refractivity contribution >= 4 is 17.8 Å². The normalized spacial score (nSPS) is 11.1. The molecule has 0 aliphatic rings. The number of hydrogen-bond donors (Lipinski definition) is 0. The zero-order valence-electron chi connectivity index (χ0n) is 14.4. The quantitative estimate of drug-likeness (QED) is 0.574. The van der Waals surface area contributed by atoms with Crippen LogP contribution in [0, 0.1) is 0 Å². The molecule has 0 N–H and O–H groups in total. The van der Waals surface area contributed by atoms with E-state index in [4.69, 9.17) is 4.74 Å². The Balaban J connectivity index is 1.72. The van der Waals surface area contributed by atoms with Crippen molar-refractivity contribution in [2.75, 3.05) is 12.9 Å². The van der Waals surface area contributed by atoms with E-state index in [-0.39, 0.29) is 0 Å². The van der Waals surface area contributed by atoms with E-state index in [0.717, 1.165) is 34.6 Å². The molecule has 0 unspecified atom stereocenters. The van der Waals surface area contributed by atoms with Crippen LogP contribution in [-0.2, 0) is 6.54 Å². The van der Waals surface area contributed by atoms with Gasteiger partial charge in [0.1, 0.15) is 5.75 Å². The molecule has 0 aliphatic carbocycles. The number of nitrogens with zero attached hydrogens (tertiary/aromatic N) is 3. The van der Waals surface area contributed by atoms with Gasteiger partial charge in [0.15, 0.2) is 11.0 Å². The first-order chi connectivity index (χ1) is 12.3. The van der Waals surface area contributed by atoms with E-state index in [1.807, 2.05) is 42.5 Å². The van der Waals surface area contributed by atoms with Gasteiger partial charge in [-0.3, -0.25) is 0 Å². The van der Waals surface area contributed by atoms with Gasteiger partial charge in [-0.15, -0.1) is 10.2 Å². The summed E-state index contributed by atoms with van der Waals surface area (Å²) in [6.45, 7) is 2.93. The molecule has 2 aromatic carbocycles. The maximum Gasteiger partial charge on any atom is 0.191 e. The van der Waals surface area contributed by atoms with E-state index in [1.165, 1.54) is 5.56 Å². The van der Waals surface area contributed by atoms with Crippen molar-refractivity contribution in [1.82, 2.24) is 14.8 Å². The topological polar surface area (TPSA) is 39.9 Å². The minimum absolute atomic E-state index is 0.822. The molecule has 5 heteroatoms. The van der Waals surface area contributed by atoms with Crippen LogP contribution in [0.25, 0.3) is 17.5 Å². The number of ether oxygens (including phenoxy) is 1. The predicted molar refractivity (Wildman–Crippen MR) is 104 cm³/mol. The van der Waals surface area contributed by atoms with Crippen molar-refractivity contribution in [3.05, 3.63) is 66.2 Å². The summed E-state index contributed by atoms with van der Waals surface area (Å²) in [5.74, 6) is 2.55. The molecular formula is C20H21N3OS. The maximum atomic E-state index is 5.31. The summed E-state index contributed by atoms with van der Waals surface area (Å²) in [6, 6.07) is 18.2. The Hall–Kier alpha value is -2.53. The highest BCUT2D eigenvalue weighted by Gasteiger charge is 2.13. The molecule has 3 aromatic rings. The van der Waals surface area contributed by atoms with Crippen molar-refractivity contribution in [1.29, 1.82) is 0 Å². The van der Waals surface area contributed by atoms with E-state index < -0.39 is 0 Å². The van der Waals surface area contributed by atoms with Crippen LogP contribution in [0.15, 0.2) is 65.8 Å². The van der Waals surface area contributed by atoms with Gasteiger partial charge in [-0.1, -0.05) is 66.4 Å². The summed E-state index contributed by atoms with van der Waals surface area (Å²) in [5, 5.41) is 9.68. The smallest absolute Gasteiger partial charge is 0.191 e. The molecule has 25 heavy (non-hydrogen) atoms. The van der Waals surface area contributed by atoms with E-state index in [9.17, 15) is 0 Å². The summed E-state index contributed by atoms with van der Waals surface area (Å²) >= 11 is 1.69. The van der Waals surface area contributed by atoms with Gasteiger partial charge in [0, 0.05) is 17.9 Å². The van der Waals surface area contributed by atoms with Crippen molar-refractivity contribution in [2.45, 2.75) is 18.6 Å². The van der Waals surface area contributed by atoms with Crippen molar-refractivity contribution in [3.63, 3.8) is 0 Å². The lowest BCUT2D eigenvalue weighted by Gasteiger charge is -2.07. The van der Waals surface area contributed by atoms with Gasteiger partial charge < -0.3 is 9.30 Å². The molecule has 0 saturated heterocycles. The Bertz CT molecular complexity index is 843. The van der Waals surface area contributed by atoms with E-state index in [1.54, 1.807) is 18.9 Å². The second-order valence-electron chi connectivity index (χ2n) is 5.41. The Morgan fingerprint density at radius 3 is 2.68 bits per heavy atom. The van der Waals surface area contributed by atoms with Gasteiger partial charge in [0.2, 0.25) is 0 Å². The molecule has 0 atom stereocenters. The lowest BCUT2D eigenvalue weighted by atomic mass is 10.2. The molecule has 0 radical (unpaired) electrons. The first-order valence-electron chi connectivity index (χ1n) is 8.24. The van der Waals surface area contributed by atoms with Crippen LogP contribution in [0.1, 0.15) is 12.5 Å². The number of benzene rings is 2. The fourth-order valence-corrected chi connectivity index (χ4v) is 3.34. The summed E-state index contributed by atoms with van der Waals surface area (Å²) in [7, 11) is 1.67. The Kier molecular flexibility index (Phi) is 5.90. The number of rotatable bonds is 7. The average Bonchev–Trinajstić information content (AvgIpc) is 3.09. The lowest BCUT2D eigenvalue weighted by molar-refractivity contribution is 0.415. The van der Waals surface area contributed by atoms with E-state index in [2.05, 4.69) is 46.0 Å². The average molecular weight is 351 g/mol. The molecule has 0 fully saturated rings. The van der Waals surface area contributed by atoms with Crippen molar-refractivity contribution in [2.24, 2.45) is 0 Å². The van der Waals surface area contributed by atoms with Gasteiger partial charge in [0.25, 0.3) is 0 Å². The summed E-state index contributed by atoms with van der Waals surface area (Å²) in [4.78, 5) is 0. The Morgan fingerprint density at radius 1 is 1.08 bits per heavy atom. The molecule has 0 spiro atoms. The van der Waals surface area contributed by atoms with Crippen LogP contribution in [0.2, 0.25) is 0 Å². The van der Waals surface area contributed by atoms with Gasteiger partial charge in [0.05, 0.1) is 7.11 Å². The van der Waals surface area contributed by atoms with Crippen LogP contribution in [0.5, 0.6) is 5.75 Å². The van der Waals surface area contributed by atoms with E-state index >= 15 is 0 Å². The van der Waals surface area contributed by atoms with Crippen LogP contribution >= 0.6 is 11.8 Å². The zero-order chi connectivity index (χ0) is 17.5. The molecular weight excluding hydrogens is 330 g/mol. The maximum absolute atomic E-state index is 5.31. The predicted octanol–water partition coefficient (Wildman–Crippen LogP) is 4.78. The summed E-state index contributed by atoms with van der Waals surface area (Å²) in [6.07, 6.45) is 4.28. The Morgan fingerprint density at radius 2 is 1.92 bits per heavy atom. The zero-order valence-corrected chi connectivity index (χ0v) is 15.2. The van der Waals surface area contributed by atoms with Gasteiger partial charge in [-0.2, -0.15) is 0 Å². The van der Waals surface area contributed by atoms with Gasteiger partial charge in [-0.25, -0.2) is 0 Å². The number of aromatic nitrogens is 3. The van der Waals surface area contributed by atoms with Crippen molar-refractivity contribution in [3.8, 4) is 17.1 Å². The summed E-state index contributed by atoms with van der Waals surface area (Å²) < 4.78 is 7.44. The third-order valence-electron chi connectivity index (χ3n) is 3.78. The van der Waals surface area contributed by atoms with E-state index in [0.29, 0.717) is 0 Å². The lowest BCUT2D eigenvalue weighted by Crippen LogP contribution is -2.00. The van der Waals surface area contributed by atoms with Crippen molar-refractivity contribution < 1.29 is 4.74 Å². The number of hydrogen-bond acceptors (Lipinski definition) is 4. The first-order valence-corrected chi connectivity index (χ1v) is 9.22. The van der Waals surface area contributed by atoms with Gasteiger partial charge in [-0.05, 0) is 24.6 Å². The minimum atomic E-state index is 0.822. The van der Waals surface area contributed by atoms with Crippen LogP contribution in [0.3, 0.4) is 0 Å². The molecule has 0 bridgehead atoms. The third-order valence-corrected chi connectivity index (χ3v) is 4.70. The van der Waals surface area contributed by atoms with Crippen LogP contribution < -0.4 is 4.74 Å². The largest absolute Gasteiger partial charge is 0.497 e. The molecule has 4 nitrogen and oxygen atoms in total. The molecule has 128 valence electrons. The summed E-state index contributed by atoms with van der Waals surface area (Å²) in [5.41, 5.74) is 2.22. The minimum Gasteiger partial charge on any atom is -0.497 e. The highest BCUT2D eigenvalue weighted by atomic mass is 32.2. The fraction of sp³-hybridized carbons (Fsp3) is 0.200. The fourth-order valence-electron chi connectivity index (χ4n) is 2.53. The molecule has 0 saturated carbocycles. The number of thioether (sulfide) groups is 1. The molecule has 3 rings (SSSR count). The second-order valence-corrected chi connectivity index (χ2v) is 6.39. The van der Waals surface area contributed by atoms with Crippen LogP contribution in [-0.4, -0.2) is 27.6 Å². The molecule has 0 amide bonds. The highest BCUT2D eigenvalue weighted by molar-refractivity contribution is 7.99. The monoisotopic (exact) mass is 351 g/mol. The third kappa shape index (κ3) is 4.31. The van der Waals surface area contributed by atoms with Crippen LogP contribution in [0.4, 0.5) is 0 Å². The second kappa shape index (κ2) is 8.53. The highest BCUT2D eigenvalue weighted by Crippen LogP contribution is 2.26. The van der Waals surface area contributed by atoms with Gasteiger partial charge >= 0.3 is 0 Å². The first kappa shape index (κ1) is 17.3. The molecule has 0 aliphatic heterocycles. The molecule has 1 aromatic heterocycles.